The molecular formula is C14H20BrN5O2. The summed E-state index contributed by atoms with van der Waals surface area (Å²) in [6.07, 6.45) is 3.78. The highest BCUT2D eigenvalue weighted by Gasteiger charge is 2.18. The average molecular weight is 370 g/mol. The van der Waals surface area contributed by atoms with Crippen molar-refractivity contribution in [3.05, 3.63) is 25.6 Å². The summed E-state index contributed by atoms with van der Waals surface area (Å²) in [5, 5.41) is 0. The highest BCUT2D eigenvalue weighted by molar-refractivity contribution is 9.10. The molecule has 0 N–H and O–H groups in total. The van der Waals surface area contributed by atoms with E-state index in [4.69, 9.17) is 0 Å². The Hall–Kier alpha value is -1.41. The average Bonchev–Trinajstić information content (AvgIpc) is 2.86. The van der Waals surface area contributed by atoms with E-state index in [1.165, 1.54) is 30.9 Å². The summed E-state index contributed by atoms with van der Waals surface area (Å²) in [6, 6.07) is 0. The molecule has 0 saturated carbocycles. The van der Waals surface area contributed by atoms with Gasteiger partial charge in [0.05, 0.1) is 0 Å². The number of likely N-dealkylation sites (tertiary alicyclic amines) is 1. The minimum Gasteiger partial charge on any atom is -0.311 e. The van der Waals surface area contributed by atoms with Crippen LogP contribution in [0.4, 0.5) is 0 Å². The van der Waals surface area contributed by atoms with Gasteiger partial charge >= 0.3 is 5.69 Å². The third kappa shape index (κ3) is 2.54. The Morgan fingerprint density at radius 2 is 1.73 bits per heavy atom. The maximum absolute atomic E-state index is 12.4. The molecule has 0 unspecified atom stereocenters. The van der Waals surface area contributed by atoms with Crippen LogP contribution >= 0.6 is 15.9 Å². The van der Waals surface area contributed by atoms with Gasteiger partial charge in [-0.1, -0.05) is 6.42 Å². The lowest BCUT2D eigenvalue weighted by Gasteiger charge is -2.26. The summed E-state index contributed by atoms with van der Waals surface area (Å²) in [7, 11) is 3.14. The highest BCUT2D eigenvalue weighted by atomic mass is 79.9. The predicted octanol–water partition coefficient (Wildman–Crippen LogP) is 0.682. The molecule has 22 heavy (non-hydrogen) atoms. The second kappa shape index (κ2) is 6.00. The molecule has 2 aromatic rings. The van der Waals surface area contributed by atoms with E-state index < -0.39 is 0 Å². The molecular weight excluding hydrogens is 350 g/mol. The molecule has 0 aliphatic carbocycles. The number of piperidine rings is 1. The maximum atomic E-state index is 12.4. The van der Waals surface area contributed by atoms with Gasteiger partial charge in [-0.3, -0.25) is 13.9 Å². The first-order valence-electron chi connectivity index (χ1n) is 7.55. The molecule has 2 aromatic heterocycles. The van der Waals surface area contributed by atoms with Gasteiger partial charge in [0.2, 0.25) is 0 Å². The fourth-order valence-electron chi connectivity index (χ4n) is 3.05. The second-order valence-corrected chi connectivity index (χ2v) is 6.52. The van der Waals surface area contributed by atoms with Crippen molar-refractivity contribution in [1.82, 2.24) is 23.6 Å². The van der Waals surface area contributed by atoms with Crippen LogP contribution in [0.25, 0.3) is 11.2 Å². The second-order valence-electron chi connectivity index (χ2n) is 5.81. The number of aromatic nitrogens is 4. The molecule has 0 aromatic carbocycles. The smallest absolute Gasteiger partial charge is 0.311 e. The lowest BCUT2D eigenvalue weighted by molar-refractivity contribution is 0.221. The summed E-state index contributed by atoms with van der Waals surface area (Å²) in [5.41, 5.74) is 0.257. The largest absolute Gasteiger partial charge is 0.332 e. The number of halogens is 1. The SMILES string of the molecule is Cn1c(=O)c2c(nc(Br)n2CCN2CCCCC2)n(C)c1=O. The van der Waals surface area contributed by atoms with Gasteiger partial charge in [0, 0.05) is 27.2 Å². The van der Waals surface area contributed by atoms with E-state index >= 15 is 0 Å². The Bertz CT molecular complexity index is 813. The molecule has 0 amide bonds. The number of rotatable bonds is 3. The monoisotopic (exact) mass is 369 g/mol. The Morgan fingerprint density at radius 1 is 1.05 bits per heavy atom. The number of nitrogens with zero attached hydrogens (tertiary/aromatic N) is 5. The van der Waals surface area contributed by atoms with E-state index in [-0.39, 0.29) is 11.2 Å². The van der Waals surface area contributed by atoms with Crippen LogP contribution in [0.1, 0.15) is 19.3 Å². The molecule has 3 rings (SSSR count). The lowest BCUT2D eigenvalue weighted by Crippen LogP contribution is -2.38. The normalized spacial score (nSPS) is 16.5. The predicted molar refractivity (Wildman–Crippen MR) is 88.2 cm³/mol. The fourth-order valence-corrected chi connectivity index (χ4v) is 3.57. The topological polar surface area (TPSA) is 65.1 Å². The molecule has 1 aliphatic heterocycles. The zero-order valence-electron chi connectivity index (χ0n) is 12.9. The van der Waals surface area contributed by atoms with Crippen molar-refractivity contribution in [2.75, 3.05) is 19.6 Å². The molecule has 1 saturated heterocycles. The first-order chi connectivity index (χ1) is 10.5. The van der Waals surface area contributed by atoms with Crippen molar-refractivity contribution in [1.29, 1.82) is 0 Å². The van der Waals surface area contributed by atoms with E-state index in [2.05, 4.69) is 25.8 Å². The van der Waals surface area contributed by atoms with Gasteiger partial charge in [-0.15, -0.1) is 0 Å². The minimum atomic E-state index is -0.356. The maximum Gasteiger partial charge on any atom is 0.332 e. The first kappa shape index (κ1) is 15.5. The summed E-state index contributed by atoms with van der Waals surface area (Å²) in [4.78, 5) is 31.2. The van der Waals surface area contributed by atoms with E-state index in [9.17, 15) is 9.59 Å². The van der Waals surface area contributed by atoms with Crippen LogP contribution in [0.3, 0.4) is 0 Å². The third-order valence-electron chi connectivity index (χ3n) is 4.39. The summed E-state index contributed by atoms with van der Waals surface area (Å²) >= 11 is 3.42. The molecule has 0 atom stereocenters. The molecule has 7 nitrogen and oxygen atoms in total. The zero-order chi connectivity index (χ0) is 15.9. The van der Waals surface area contributed by atoms with E-state index in [0.717, 1.165) is 24.2 Å². The molecule has 1 aliphatic rings. The minimum absolute atomic E-state index is 0.296. The van der Waals surface area contributed by atoms with Gasteiger partial charge < -0.3 is 9.47 Å². The zero-order valence-corrected chi connectivity index (χ0v) is 14.5. The van der Waals surface area contributed by atoms with Gasteiger partial charge in [-0.05, 0) is 41.9 Å². The highest BCUT2D eigenvalue weighted by Crippen LogP contribution is 2.17. The van der Waals surface area contributed by atoms with Gasteiger partial charge in [0.15, 0.2) is 15.9 Å². The van der Waals surface area contributed by atoms with Gasteiger partial charge in [0.25, 0.3) is 5.56 Å². The Balaban J connectivity index is 2.00. The van der Waals surface area contributed by atoms with Crippen LogP contribution in [0, 0.1) is 0 Å². The van der Waals surface area contributed by atoms with Crippen LogP contribution in [-0.4, -0.2) is 43.2 Å². The van der Waals surface area contributed by atoms with Crippen LogP contribution in [0.15, 0.2) is 14.3 Å². The number of hydrogen-bond donors (Lipinski definition) is 0. The third-order valence-corrected chi connectivity index (χ3v) is 5.00. The standard InChI is InChI=1S/C14H20BrN5O2/c1-17-11-10(12(21)18(2)14(17)22)20(13(15)16-11)9-8-19-6-4-3-5-7-19/h3-9H2,1-2H3. The molecule has 0 spiro atoms. The Labute approximate surface area is 136 Å². The van der Waals surface area contributed by atoms with Crippen molar-refractivity contribution in [2.45, 2.75) is 25.8 Å². The molecule has 1 fully saturated rings. The van der Waals surface area contributed by atoms with Crippen LogP contribution in [0.2, 0.25) is 0 Å². The van der Waals surface area contributed by atoms with Crippen molar-refractivity contribution >= 4 is 27.1 Å². The van der Waals surface area contributed by atoms with Crippen molar-refractivity contribution in [3.63, 3.8) is 0 Å². The molecule has 0 radical (unpaired) electrons. The molecule has 0 bridgehead atoms. The summed E-state index contributed by atoms with van der Waals surface area (Å²) < 4.78 is 5.01. The Morgan fingerprint density at radius 3 is 2.41 bits per heavy atom. The number of imidazole rings is 1. The van der Waals surface area contributed by atoms with Crippen LogP contribution in [-0.2, 0) is 20.6 Å². The fraction of sp³-hybridized carbons (Fsp3) is 0.643. The van der Waals surface area contributed by atoms with Crippen molar-refractivity contribution in [3.8, 4) is 0 Å². The number of hydrogen-bond acceptors (Lipinski definition) is 4. The molecule has 120 valence electrons. The van der Waals surface area contributed by atoms with E-state index in [0.29, 0.717) is 22.4 Å². The summed E-state index contributed by atoms with van der Waals surface area (Å²) in [5.74, 6) is 0. The van der Waals surface area contributed by atoms with E-state index in [1.54, 1.807) is 7.05 Å². The van der Waals surface area contributed by atoms with Gasteiger partial charge in [0.1, 0.15) is 0 Å². The Kier molecular flexibility index (Phi) is 4.22. The molecule has 3 heterocycles. The van der Waals surface area contributed by atoms with E-state index in [1.807, 2.05) is 4.57 Å². The van der Waals surface area contributed by atoms with Crippen molar-refractivity contribution < 1.29 is 0 Å². The first-order valence-corrected chi connectivity index (χ1v) is 8.34. The lowest BCUT2D eigenvalue weighted by atomic mass is 10.1. The van der Waals surface area contributed by atoms with Gasteiger partial charge in [-0.2, -0.15) is 0 Å². The number of fused-ring (bicyclic) bond motifs is 1. The van der Waals surface area contributed by atoms with Crippen LogP contribution in [0.5, 0.6) is 0 Å². The molecule has 8 heteroatoms. The van der Waals surface area contributed by atoms with Crippen molar-refractivity contribution in [2.24, 2.45) is 14.1 Å². The van der Waals surface area contributed by atoms with Crippen LogP contribution < -0.4 is 11.2 Å². The number of aryl methyl sites for hydroxylation is 1. The summed E-state index contributed by atoms with van der Waals surface area (Å²) in [6.45, 7) is 3.79. The quantitative estimate of drug-likeness (QED) is 0.746. The van der Waals surface area contributed by atoms with Gasteiger partial charge in [-0.25, -0.2) is 9.78 Å².